The molecule has 166 valence electrons. The van der Waals surface area contributed by atoms with Gasteiger partial charge in [-0.25, -0.2) is 9.59 Å². The first-order valence-corrected chi connectivity index (χ1v) is 9.84. The zero-order valence-corrected chi connectivity index (χ0v) is 19.7. The molecular formula is C24H40O5. The molecule has 0 amide bonds. The Morgan fingerprint density at radius 3 is 1.31 bits per heavy atom. The molecule has 0 N–H and O–H groups in total. The lowest BCUT2D eigenvalue weighted by atomic mass is 9.92. The van der Waals surface area contributed by atoms with Crippen molar-refractivity contribution in [2.45, 2.75) is 86.7 Å². The molecule has 0 fully saturated rings. The van der Waals surface area contributed by atoms with Crippen LogP contribution in [0.25, 0.3) is 0 Å². The molecule has 0 aromatic heterocycles. The van der Waals surface area contributed by atoms with Gasteiger partial charge in [0.15, 0.2) is 5.78 Å². The van der Waals surface area contributed by atoms with Crippen LogP contribution >= 0.6 is 0 Å². The number of esters is 2. The largest absolute Gasteiger partial charge is 0.455 e. The summed E-state index contributed by atoms with van der Waals surface area (Å²) in [5.41, 5.74) is 0.516. The van der Waals surface area contributed by atoms with Gasteiger partial charge in [0.2, 0.25) is 0 Å². The Morgan fingerprint density at radius 1 is 0.724 bits per heavy atom. The molecule has 0 saturated heterocycles. The van der Waals surface area contributed by atoms with E-state index in [1.165, 1.54) is 13.3 Å². The minimum atomic E-state index is -0.734. The summed E-state index contributed by atoms with van der Waals surface area (Å²) in [5, 5.41) is 0. The van der Waals surface area contributed by atoms with Crippen LogP contribution in [0.5, 0.6) is 0 Å². The highest BCUT2D eigenvalue weighted by Gasteiger charge is 2.32. The molecule has 0 spiro atoms. The van der Waals surface area contributed by atoms with Crippen LogP contribution in [-0.4, -0.2) is 23.3 Å². The Bertz CT molecular complexity index is 595. The second-order valence-corrected chi connectivity index (χ2v) is 6.99. The number of rotatable bonds is 9. The number of carbonyl (C=O) groups excluding carboxylic acids is 3. The minimum absolute atomic E-state index is 0.0648. The lowest BCUT2D eigenvalue weighted by Crippen LogP contribution is -2.35. The van der Waals surface area contributed by atoms with Crippen LogP contribution in [0.1, 0.15) is 81.1 Å². The first kappa shape index (κ1) is 31.3. The van der Waals surface area contributed by atoms with Gasteiger partial charge >= 0.3 is 11.9 Å². The van der Waals surface area contributed by atoms with E-state index >= 15 is 0 Å². The van der Waals surface area contributed by atoms with Crippen LogP contribution in [0, 0.1) is 0 Å². The summed E-state index contributed by atoms with van der Waals surface area (Å²) < 4.78 is 10.6. The van der Waals surface area contributed by atoms with Crippen molar-refractivity contribution in [1.29, 1.82) is 0 Å². The van der Waals surface area contributed by atoms with Crippen LogP contribution in [0.15, 0.2) is 48.8 Å². The summed E-state index contributed by atoms with van der Waals surface area (Å²) in [6.07, 6.45) is 2.69. The maximum atomic E-state index is 11.7. The van der Waals surface area contributed by atoms with E-state index in [1.54, 1.807) is 20.8 Å². The summed E-state index contributed by atoms with van der Waals surface area (Å²) in [7, 11) is 0. The van der Waals surface area contributed by atoms with Crippen molar-refractivity contribution >= 4 is 17.7 Å². The molecule has 0 atom stereocenters. The van der Waals surface area contributed by atoms with E-state index in [0.29, 0.717) is 29.6 Å². The van der Waals surface area contributed by atoms with E-state index in [2.05, 4.69) is 40.2 Å². The normalized spacial score (nSPS) is 9.52. The highest BCUT2D eigenvalue weighted by Crippen LogP contribution is 2.29. The zero-order chi connectivity index (χ0) is 23.8. The smallest absolute Gasteiger partial charge is 0.338 e. The number of hydrogen-bond acceptors (Lipinski definition) is 5. The molecule has 29 heavy (non-hydrogen) atoms. The quantitative estimate of drug-likeness (QED) is 0.256. The molecule has 0 radical (unpaired) electrons. The van der Waals surface area contributed by atoms with Crippen molar-refractivity contribution in [3.8, 4) is 0 Å². The fraction of sp³-hybridized carbons (Fsp3) is 0.542. The van der Waals surface area contributed by atoms with Gasteiger partial charge in [-0.15, -0.1) is 0 Å². The average Bonchev–Trinajstić information content (AvgIpc) is 2.61. The minimum Gasteiger partial charge on any atom is -0.455 e. The van der Waals surface area contributed by atoms with Gasteiger partial charge in [0.25, 0.3) is 0 Å². The number of ether oxygens (including phenoxy) is 2. The van der Waals surface area contributed by atoms with E-state index in [1.807, 2.05) is 13.8 Å². The Morgan fingerprint density at radius 2 is 1.07 bits per heavy atom. The van der Waals surface area contributed by atoms with Crippen molar-refractivity contribution in [2.75, 3.05) is 0 Å². The molecule has 0 heterocycles. The summed E-state index contributed by atoms with van der Waals surface area (Å²) in [6, 6.07) is 0. The van der Waals surface area contributed by atoms with Gasteiger partial charge in [0.05, 0.1) is 0 Å². The van der Waals surface area contributed by atoms with Gasteiger partial charge in [-0.1, -0.05) is 60.4 Å². The predicted molar refractivity (Wildman–Crippen MR) is 120 cm³/mol. The molecule has 0 aliphatic heterocycles. The van der Waals surface area contributed by atoms with Gasteiger partial charge in [-0.2, -0.15) is 0 Å². The molecule has 0 saturated carbocycles. The van der Waals surface area contributed by atoms with Gasteiger partial charge in [0, 0.05) is 17.6 Å². The Labute approximate surface area is 177 Å². The first-order valence-electron chi connectivity index (χ1n) is 9.84. The second kappa shape index (κ2) is 16.5. The topological polar surface area (TPSA) is 69.7 Å². The van der Waals surface area contributed by atoms with E-state index in [4.69, 9.17) is 9.47 Å². The summed E-state index contributed by atoms with van der Waals surface area (Å²) in [4.78, 5) is 33.2. The highest BCUT2D eigenvalue weighted by molar-refractivity contribution is 5.91. The van der Waals surface area contributed by atoms with Crippen LogP contribution in [0.3, 0.4) is 0 Å². The van der Waals surface area contributed by atoms with Crippen LogP contribution in [0.2, 0.25) is 0 Å². The number of allylic oxidation sites excluding steroid dienone is 1. The predicted octanol–water partition coefficient (Wildman–Crippen LogP) is 6.26. The molecule has 0 bridgehead atoms. The molecule has 0 unspecified atom stereocenters. The van der Waals surface area contributed by atoms with Crippen LogP contribution in [-0.2, 0) is 23.9 Å². The second-order valence-electron chi connectivity index (χ2n) is 6.99. The summed E-state index contributed by atoms with van der Waals surface area (Å²) >= 11 is 0. The molecule has 5 heteroatoms. The Kier molecular flexibility index (Phi) is 17.8. The maximum Gasteiger partial charge on any atom is 0.338 e. The van der Waals surface area contributed by atoms with E-state index in [-0.39, 0.29) is 18.0 Å². The van der Waals surface area contributed by atoms with Crippen molar-refractivity contribution in [1.82, 2.24) is 0 Å². The number of carbonyl (C=O) groups is 3. The van der Waals surface area contributed by atoms with Gasteiger partial charge < -0.3 is 9.47 Å². The van der Waals surface area contributed by atoms with Crippen molar-refractivity contribution < 1.29 is 23.9 Å². The van der Waals surface area contributed by atoms with Crippen molar-refractivity contribution in [3.05, 3.63) is 48.8 Å². The molecule has 0 aliphatic rings. The molecule has 0 rings (SSSR count). The third-order valence-corrected chi connectivity index (χ3v) is 3.65. The summed E-state index contributed by atoms with van der Waals surface area (Å²) in [6.45, 7) is 28.6. The molecular weight excluding hydrogens is 368 g/mol. The lowest BCUT2D eigenvalue weighted by Gasteiger charge is -2.32. The number of ketones is 1. The summed E-state index contributed by atoms with van der Waals surface area (Å²) in [5.74, 6) is -0.652. The molecule has 0 aliphatic carbocycles. The Hall–Kier alpha value is -2.43. The van der Waals surface area contributed by atoms with Crippen LogP contribution in [0.4, 0.5) is 0 Å². The van der Waals surface area contributed by atoms with E-state index in [0.717, 1.165) is 0 Å². The molecule has 5 nitrogen and oxygen atoms in total. The van der Waals surface area contributed by atoms with E-state index in [9.17, 15) is 14.4 Å². The maximum absolute atomic E-state index is 11.7. The molecule has 0 aromatic carbocycles. The average molecular weight is 409 g/mol. The number of Topliss-reactive ketones (excluding diaryl/α,β-unsaturated/α-hetero) is 1. The third kappa shape index (κ3) is 16.2. The zero-order valence-electron chi connectivity index (χ0n) is 19.7. The fourth-order valence-corrected chi connectivity index (χ4v) is 1.58. The third-order valence-electron chi connectivity index (χ3n) is 3.65. The SMILES string of the molecule is C=C(C)C(C)=O.C=C(CC(CC)(CC)OC(=O)C(=C)C)OC(=O)C(=C)C.CCC. The van der Waals surface area contributed by atoms with Gasteiger partial charge in [-0.3, -0.25) is 4.79 Å². The highest BCUT2D eigenvalue weighted by atomic mass is 16.6. The Balaban J connectivity index is -0.000000625. The standard InChI is InChI=1S/C16H24O4.C5H8O.C3H8/c1-8-16(9-2,20-15(18)12(5)6)10-13(7)19-14(17)11(3)4;1-4(2)5(3)6;1-3-2/h3,5,7-10H2,1-2,4,6H3;1H2,2-3H3;3H2,1-2H3. The molecule has 0 aromatic rings. The van der Waals surface area contributed by atoms with E-state index < -0.39 is 17.5 Å². The van der Waals surface area contributed by atoms with Crippen LogP contribution < -0.4 is 0 Å². The van der Waals surface area contributed by atoms with Gasteiger partial charge in [-0.05, 0) is 46.1 Å². The van der Waals surface area contributed by atoms with Crippen molar-refractivity contribution in [2.24, 2.45) is 0 Å². The van der Waals surface area contributed by atoms with Gasteiger partial charge in [0.1, 0.15) is 11.4 Å². The monoisotopic (exact) mass is 408 g/mol. The first-order chi connectivity index (χ1) is 13.2. The lowest BCUT2D eigenvalue weighted by molar-refractivity contribution is -0.156. The number of hydrogen-bond donors (Lipinski definition) is 0. The fourth-order valence-electron chi connectivity index (χ4n) is 1.58. The van der Waals surface area contributed by atoms with Crippen molar-refractivity contribution in [3.63, 3.8) is 0 Å².